The zero-order valence-electron chi connectivity index (χ0n) is 11.7. The lowest BCUT2D eigenvalue weighted by Crippen LogP contribution is -2.12. The van der Waals surface area contributed by atoms with Crippen LogP contribution in [0.25, 0.3) is 5.69 Å². The molecule has 3 N–H and O–H groups in total. The van der Waals surface area contributed by atoms with Gasteiger partial charge in [0.05, 0.1) is 10.7 Å². The van der Waals surface area contributed by atoms with Crippen LogP contribution in [0.2, 0.25) is 5.02 Å². The fourth-order valence-electron chi connectivity index (χ4n) is 2.12. The summed E-state index contributed by atoms with van der Waals surface area (Å²) in [5.41, 5.74) is 8.28. The SMILES string of the molecule is Nc1ccc(NC(=O)c2ccc(-n3cccc3)cc2)c(Cl)c1. The molecule has 0 aliphatic heterocycles. The van der Waals surface area contributed by atoms with E-state index in [1.165, 1.54) is 0 Å². The number of carbonyl (C=O) groups is 1. The van der Waals surface area contributed by atoms with E-state index in [4.69, 9.17) is 17.3 Å². The molecule has 3 aromatic rings. The summed E-state index contributed by atoms with van der Waals surface area (Å²) in [4.78, 5) is 12.2. The molecule has 0 bridgehead atoms. The summed E-state index contributed by atoms with van der Waals surface area (Å²) < 4.78 is 1.97. The Bertz CT molecular complexity index is 795. The topological polar surface area (TPSA) is 60.0 Å². The fourth-order valence-corrected chi connectivity index (χ4v) is 2.36. The first kappa shape index (κ1) is 14.2. The summed E-state index contributed by atoms with van der Waals surface area (Å²) in [5.74, 6) is -0.217. The number of nitrogen functional groups attached to an aromatic ring is 1. The number of halogens is 1. The summed E-state index contributed by atoms with van der Waals surface area (Å²) in [7, 11) is 0. The molecule has 0 saturated heterocycles. The van der Waals surface area contributed by atoms with Gasteiger partial charge in [-0.25, -0.2) is 0 Å². The molecule has 1 heterocycles. The standard InChI is InChI=1S/C17H14ClN3O/c18-15-11-13(19)5-8-16(15)20-17(22)12-3-6-14(7-4-12)21-9-1-2-10-21/h1-11H,19H2,(H,20,22). The second kappa shape index (κ2) is 5.95. The smallest absolute Gasteiger partial charge is 0.255 e. The van der Waals surface area contributed by atoms with E-state index in [9.17, 15) is 4.79 Å². The van der Waals surface area contributed by atoms with Crippen LogP contribution >= 0.6 is 11.6 Å². The molecule has 1 amide bonds. The van der Waals surface area contributed by atoms with Gasteiger partial charge in [-0.2, -0.15) is 0 Å². The molecular weight excluding hydrogens is 298 g/mol. The van der Waals surface area contributed by atoms with Crippen LogP contribution in [0, 0.1) is 0 Å². The van der Waals surface area contributed by atoms with Crippen molar-refractivity contribution in [3.05, 3.63) is 77.6 Å². The van der Waals surface area contributed by atoms with Gasteiger partial charge < -0.3 is 15.6 Å². The summed E-state index contributed by atoms with van der Waals surface area (Å²) in [6.07, 6.45) is 3.90. The van der Waals surface area contributed by atoms with Crippen molar-refractivity contribution >= 4 is 28.9 Å². The molecule has 0 saturated carbocycles. The van der Waals surface area contributed by atoms with E-state index in [0.29, 0.717) is 22.0 Å². The van der Waals surface area contributed by atoms with E-state index >= 15 is 0 Å². The quantitative estimate of drug-likeness (QED) is 0.719. The van der Waals surface area contributed by atoms with E-state index in [-0.39, 0.29) is 5.91 Å². The van der Waals surface area contributed by atoms with E-state index < -0.39 is 0 Å². The van der Waals surface area contributed by atoms with Gasteiger partial charge in [-0.15, -0.1) is 0 Å². The zero-order chi connectivity index (χ0) is 15.5. The van der Waals surface area contributed by atoms with E-state index in [1.807, 2.05) is 41.2 Å². The maximum atomic E-state index is 12.2. The molecule has 0 aliphatic carbocycles. The van der Waals surface area contributed by atoms with Crippen LogP contribution in [-0.2, 0) is 0 Å². The number of benzene rings is 2. The van der Waals surface area contributed by atoms with Crippen molar-refractivity contribution in [2.75, 3.05) is 11.1 Å². The number of nitrogens with one attached hydrogen (secondary N) is 1. The minimum Gasteiger partial charge on any atom is -0.399 e. The second-order valence-electron chi connectivity index (χ2n) is 4.83. The Morgan fingerprint density at radius 3 is 2.36 bits per heavy atom. The number of hydrogen-bond donors (Lipinski definition) is 2. The molecule has 0 fully saturated rings. The molecule has 0 spiro atoms. The minimum atomic E-state index is -0.217. The van der Waals surface area contributed by atoms with Gasteiger partial charge in [-0.05, 0) is 54.6 Å². The predicted molar refractivity (Wildman–Crippen MR) is 89.6 cm³/mol. The van der Waals surface area contributed by atoms with Crippen molar-refractivity contribution in [1.29, 1.82) is 0 Å². The Labute approximate surface area is 133 Å². The van der Waals surface area contributed by atoms with Crippen LogP contribution in [0.15, 0.2) is 67.0 Å². The highest BCUT2D eigenvalue weighted by Crippen LogP contribution is 2.24. The lowest BCUT2D eigenvalue weighted by Gasteiger charge is -2.09. The van der Waals surface area contributed by atoms with E-state index in [0.717, 1.165) is 5.69 Å². The fraction of sp³-hybridized carbons (Fsp3) is 0. The van der Waals surface area contributed by atoms with Gasteiger partial charge >= 0.3 is 0 Å². The third-order valence-corrected chi connectivity index (χ3v) is 3.59. The number of nitrogens with zero attached hydrogens (tertiary/aromatic N) is 1. The van der Waals surface area contributed by atoms with E-state index in [1.54, 1.807) is 30.3 Å². The molecule has 0 radical (unpaired) electrons. The third kappa shape index (κ3) is 2.97. The summed E-state index contributed by atoms with van der Waals surface area (Å²) in [6.45, 7) is 0. The molecular formula is C17H14ClN3O. The molecule has 110 valence electrons. The number of amides is 1. The highest BCUT2D eigenvalue weighted by molar-refractivity contribution is 6.34. The van der Waals surface area contributed by atoms with Crippen molar-refractivity contribution < 1.29 is 4.79 Å². The minimum absolute atomic E-state index is 0.217. The van der Waals surface area contributed by atoms with Crippen LogP contribution in [0.1, 0.15) is 10.4 Å². The maximum Gasteiger partial charge on any atom is 0.255 e. The van der Waals surface area contributed by atoms with Gasteiger partial charge in [-0.1, -0.05) is 11.6 Å². The number of hydrogen-bond acceptors (Lipinski definition) is 2. The molecule has 2 aromatic carbocycles. The predicted octanol–water partition coefficient (Wildman–Crippen LogP) is 3.97. The van der Waals surface area contributed by atoms with Crippen LogP contribution in [0.4, 0.5) is 11.4 Å². The van der Waals surface area contributed by atoms with Crippen LogP contribution in [0.3, 0.4) is 0 Å². The van der Waals surface area contributed by atoms with Crippen LogP contribution < -0.4 is 11.1 Å². The average molecular weight is 312 g/mol. The number of anilines is 2. The Hall–Kier alpha value is -2.72. The van der Waals surface area contributed by atoms with Crippen LogP contribution in [0.5, 0.6) is 0 Å². The number of rotatable bonds is 3. The molecule has 22 heavy (non-hydrogen) atoms. The Kier molecular flexibility index (Phi) is 3.85. The Morgan fingerprint density at radius 1 is 1.05 bits per heavy atom. The normalized spacial score (nSPS) is 10.4. The monoisotopic (exact) mass is 311 g/mol. The van der Waals surface area contributed by atoms with Crippen molar-refractivity contribution in [1.82, 2.24) is 4.57 Å². The second-order valence-corrected chi connectivity index (χ2v) is 5.24. The maximum absolute atomic E-state index is 12.2. The first-order valence-electron chi connectivity index (χ1n) is 6.73. The zero-order valence-corrected chi connectivity index (χ0v) is 12.4. The molecule has 3 rings (SSSR count). The number of aromatic nitrogens is 1. The third-order valence-electron chi connectivity index (χ3n) is 3.27. The first-order chi connectivity index (χ1) is 10.6. The number of carbonyl (C=O) groups excluding carboxylic acids is 1. The first-order valence-corrected chi connectivity index (χ1v) is 7.11. The lowest BCUT2D eigenvalue weighted by molar-refractivity contribution is 0.102. The molecule has 0 aliphatic rings. The largest absolute Gasteiger partial charge is 0.399 e. The van der Waals surface area contributed by atoms with E-state index in [2.05, 4.69) is 5.32 Å². The lowest BCUT2D eigenvalue weighted by atomic mass is 10.2. The summed E-state index contributed by atoms with van der Waals surface area (Å²) in [5, 5.41) is 3.19. The summed E-state index contributed by atoms with van der Waals surface area (Å²) >= 11 is 6.06. The average Bonchev–Trinajstić information content (AvgIpc) is 3.04. The van der Waals surface area contributed by atoms with Gasteiger partial charge in [0.25, 0.3) is 5.91 Å². The molecule has 0 unspecified atom stereocenters. The Morgan fingerprint density at radius 2 is 1.73 bits per heavy atom. The van der Waals surface area contributed by atoms with Gasteiger partial charge in [0.15, 0.2) is 0 Å². The molecule has 5 heteroatoms. The van der Waals surface area contributed by atoms with Gasteiger partial charge in [0, 0.05) is 29.3 Å². The van der Waals surface area contributed by atoms with Crippen molar-refractivity contribution in [2.24, 2.45) is 0 Å². The van der Waals surface area contributed by atoms with Crippen LogP contribution in [-0.4, -0.2) is 10.5 Å². The molecule has 0 atom stereocenters. The highest BCUT2D eigenvalue weighted by Gasteiger charge is 2.09. The van der Waals surface area contributed by atoms with Gasteiger partial charge in [-0.3, -0.25) is 4.79 Å². The van der Waals surface area contributed by atoms with Gasteiger partial charge in [0.2, 0.25) is 0 Å². The Balaban J connectivity index is 1.77. The molecule has 4 nitrogen and oxygen atoms in total. The highest BCUT2D eigenvalue weighted by atomic mass is 35.5. The summed E-state index contributed by atoms with van der Waals surface area (Å²) in [6, 6.07) is 16.2. The van der Waals surface area contributed by atoms with Gasteiger partial charge in [0.1, 0.15) is 0 Å². The van der Waals surface area contributed by atoms with Crippen molar-refractivity contribution in [2.45, 2.75) is 0 Å². The van der Waals surface area contributed by atoms with Crippen molar-refractivity contribution in [3.8, 4) is 5.69 Å². The number of nitrogens with two attached hydrogens (primary N) is 1. The van der Waals surface area contributed by atoms with Crippen molar-refractivity contribution in [3.63, 3.8) is 0 Å². The molecule has 1 aromatic heterocycles.